The average Bonchev–Trinajstić information content (AvgIpc) is 3.21. The van der Waals surface area contributed by atoms with Crippen LogP contribution in [0.1, 0.15) is 46.8 Å². The molecule has 0 aromatic carbocycles. The molecule has 2 N–H and O–H groups in total. The molecule has 1 aliphatic heterocycles. The molecule has 10 heteroatoms. The number of carbonyl (C=O) groups is 2. The third-order valence-electron chi connectivity index (χ3n) is 4.70. The monoisotopic (exact) mass is 404 g/mol. The van der Waals surface area contributed by atoms with Crippen molar-refractivity contribution < 1.29 is 19.1 Å². The number of rotatable bonds is 7. The quantitative estimate of drug-likeness (QED) is 0.675. The highest BCUT2D eigenvalue weighted by Gasteiger charge is 2.35. The lowest BCUT2D eigenvalue weighted by Crippen LogP contribution is -2.19. The zero-order valence-corrected chi connectivity index (χ0v) is 17.4. The number of carbonyl (C=O) groups excluding carboxylic acids is 2. The second-order valence-electron chi connectivity index (χ2n) is 7.78. The molecule has 0 aliphatic carbocycles. The first-order chi connectivity index (χ1) is 13.8. The van der Waals surface area contributed by atoms with Gasteiger partial charge in [0.05, 0.1) is 12.4 Å². The van der Waals surface area contributed by atoms with Crippen molar-refractivity contribution in [1.29, 1.82) is 0 Å². The summed E-state index contributed by atoms with van der Waals surface area (Å²) in [5.41, 5.74) is 1.16. The SMILES string of the molecule is CNc1nc(NC(=O)CC(C)C)nc2c1ncn2[C@@H]1OC(COC(C)=O)CC1C. The summed E-state index contributed by atoms with van der Waals surface area (Å²) in [6.07, 6.45) is 2.30. The van der Waals surface area contributed by atoms with Gasteiger partial charge < -0.3 is 14.8 Å². The molecule has 2 aromatic rings. The summed E-state index contributed by atoms with van der Waals surface area (Å²) in [5.74, 6) is 0.673. The van der Waals surface area contributed by atoms with Crippen molar-refractivity contribution in [3.8, 4) is 0 Å². The second kappa shape index (κ2) is 8.73. The Bertz CT molecular complexity index is 896. The number of fused-ring (bicyclic) bond motifs is 1. The number of aromatic nitrogens is 4. The van der Waals surface area contributed by atoms with E-state index in [1.54, 1.807) is 13.4 Å². The number of esters is 1. The van der Waals surface area contributed by atoms with Crippen LogP contribution in [0.3, 0.4) is 0 Å². The fraction of sp³-hybridized carbons (Fsp3) is 0.632. The molecular weight excluding hydrogens is 376 g/mol. The highest BCUT2D eigenvalue weighted by atomic mass is 16.6. The molecule has 29 heavy (non-hydrogen) atoms. The van der Waals surface area contributed by atoms with E-state index in [0.29, 0.717) is 23.4 Å². The Hall–Kier alpha value is -2.75. The van der Waals surface area contributed by atoms with Gasteiger partial charge in [-0.3, -0.25) is 19.5 Å². The van der Waals surface area contributed by atoms with Crippen LogP contribution in [0, 0.1) is 11.8 Å². The van der Waals surface area contributed by atoms with E-state index in [-0.39, 0.29) is 48.6 Å². The average molecular weight is 404 g/mol. The van der Waals surface area contributed by atoms with E-state index in [4.69, 9.17) is 9.47 Å². The summed E-state index contributed by atoms with van der Waals surface area (Å²) in [7, 11) is 1.74. The summed E-state index contributed by atoms with van der Waals surface area (Å²) in [4.78, 5) is 36.6. The molecule has 2 unspecified atom stereocenters. The predicted octanol–water partition coefficient (Wildman–Crippen LogP) is 2.34. The van der Waals surface area contributed by atoms with Gasteiger partial charge >= 0.3 is 5.97 Å². The first-order valence-electron chi connectivity index (χ1n) is 9.79. The van der Waals surface area contributed by atoms with Crippen LogP contribution in [0.5, 0.6) is 0 Å². The van der Waals surface area contributed by atoms with E-state index >= 15 is 0 Å². The first kappa shape index (κ1) is 21.0. The van der Waals surface area contributed by atoms with Crippen LogP contribution >= 0.6 is 0 Å². The highest BCUT2D eigenvalue weighted by Crippen LogP contribution is 2.36. The zero-order valence-electron chi connectivity index (χ0n) is 17.4. The van der Waals surface area contributed by atoms with E-state index in [2.05, 4.69) is 32.5 Å². The number of nitrogens with zero attached hydrogens (tertiary/aromatic N) is 4. The van der Waals surface area contributed by atoms with Crippen molar-refractivity contribution in [2.24, 2.45) is 11.8 Å². The third-order valence-corrected chi connectivity index (χ3v) is 4.70. The topological polar surface area (TPSA) is 120 Å². The van der Waals surface area contributed by atoms with Crippen LogP contribution in [-0.2, 0) is 19.1 Å². The second-order valence-corrected chi connectivity index (χ2v) is 7.78. The number of imidazole rings is 1. The van der Waals surface area contributed by atoms with E-state index in [9.17, 15) is 9.59 Å². The molecule has 0 saturated carbocycles. The largest absolute Gasteiger partial charge is 0.463 e. The van der Waals surface area contributed by atoms with Gasteiger partial charge in [-0.15, -0.1) is 0 Å². The zero-order chi connectivity index (χ0) is 21.1. The lowest BCUT2D eigenvalue weighted by atomic mass is 10.1. The van der Waals surface area contributed by atoms with Crippen molar-refractivity contribution in [1.82, 2.24) is 19.5 Å². The van der Waals surface area contributed by atoms with E-state index < -0.39 is 0 Å². The smallest absolute Gasteiger partial charge is 0.302 e. The number of hydrogen-bond donors (Lipinski definition) is 2. The van der Waals surface area contributed by atoms with Crippen LogP contribution in [0.15, 0.2) is 6.33 Å². The van der Waals surface area contributed by atoms with Crippen LogP contribution in [0.25, 0.3) is 11.2 Å². The Kier molecular flexibility index (Phi) is 6.31. The first-order valence-corrected chi connectivity index (χ1v) is 9.79. The fourth-order valence-corrected chi connectivity index (χ4v) is 3.45. The maximum Gasteiger partial charge on any atom is 0.302 e. The standard InChI is InChI=1S/C19H28N6O4/c1-10(2)6-14(27)22-19-23-16(20-5)15-17(24-19)25(9-21-15)18-11(3)7-13(29-18)8-28-12(4)26/h9-11,13,18H,6-8H2,1-5H3,(H2,20,22,23,24,27)/t11?,13?,18-/m1/s1. The lowest BCUT2D eigenvalue weighted by Gasteiger charge is -2.18. The van der Waals surface area contributed by atoms with Gasteiger partial charge in [-0.25, -0.2) is 4.98 Å². The lowest BCUT2D eigenvalue weighted by molar-refractivity contribution is -0.145. The van der Waals surface area contributed by atoms with E-state index in [1.165, 1.54) is 6.92 Å². The van der Waals surface area contributed by atoms with E-state index in [0.717, 1.165) is 6.42 Å². The number of amides is 1. The molecule has 10 nitrogen and oxygen atoms in total. The minimum absolute atomic E-state index is 0.139. The molecule has 1 saturated heterocycles. The summed E-state index contributed by atoms with van der Waals surface area (Å²) in [5, 5.41) is 5.76. The Morgan fingerprint density at radius 3 is 2.79 bits per heavy atom. The van der Waals surface area contributed by atoms with Gasteiger partial charge in [-0.2, -0.15) is 9.97 Å². The molecule has 1 amide bonds. The maximum absolute atomic E-state index is 12.2. The summed E-state index contributed by atoms with van der Waals surface area (Å²) < 4.78 is 13.0. The van der Waals surface area contributed by atoms with Crippen molar-refractivity contribution in [3.05, 3.63) is 6.33 Å². The molecule has 2 aromatic heterocycles. The molecular formula is C19H28N6O4. The summed E-state index contributed by atoms with van der Waals surface area (Å²) >= 11 is 0. The summed E-state index contributed by atoms with van der Waals surface area (Å²) in [6.45, 7) is 7.61. The number of anilines is 2. The van der Waals surface area contributed by atoms with Crippen molar-refractivity contribution in [2.45, 2.75) is 52.9 Å². The Balaban J connectivity index is 1.88. The summed E-state index contributed by atoms with van der Waals surface area (Å²) in [6, 6.07) is 0. The van der Waals surface area contributed by atoms with Gasteiger partial charge in [0.1, 0.15) is 12.8 Å². The van der Waals surface area contributed by atoms with Gasteiger partial charge in [0, 0.05) is 26.3 Å². The van der Waals surface area contributed by atoms with Gasteiger partial charge in [0.25, 0.3) is 0 Å². The third kappa shape index (κ3) is 4.81. The molecule has 0 radical (unpaired) electrons. The maximum atomic E-state index is 12.2. The fourth-order valence-electron chi connectivity index (χ4n) is 3.45. The van der Waals surface area contributed by atoms with Crippen LogP contribution in [0.4, 0.5) is 11.8 Å². The van der Waals surface area contributed by atoms with Crippen LogP contribution < -0.4 is 10.6 Å². The number of ether oxygens (including phenoxy) is 2. The number of hydrogen-bond acceptors (Lipinski definition) is 8. The minimum atomic E-state index is -0.328. The molecule has 3 heterocycles. The highest BCUT2D eigenvalue weighted by molar-refractivity contribution is 5.91. The van der Waals surface area contributed by atoms with Gasteiger partial charge in [-0.05, 0) is 12.3 Å². The molecule has 0 spiro atoms. The van der Waals surface area contributed by atoms with Crippen molar-refractivity contribution in [3.63, 3.8) is 0 Å². The van der Waals surface area contributed by atoms with Gasteiger partial charge in [0.2, 0.25) is 11.9 Å². The number of nitrogens with one attached hydrogen (secondary N) is 2. The molecule has 1 aliphatic rings. The molecule has 3 atom stereocenters. The molecule has 1 fully saturated rings. The van der Waals surface area contributed by atoms with Gasteiger partial charge in [0.15, 0.2) is 17.0 Å². The molecule has 0 bridgehead atoms. The Labute approximate surface area is 169 Å². The minimum Gasteiger partial charge on any atom is -0.463 e. The van der Waals surface area contributed by atoms with Crippen molar-refractivity contribution in [2.75, 3.05) is 24.3 Å². The van der Waals surface area contributed by atoms with Crippen LogP contribution in [0.2, 0.25) is 0 Å². The van der Waals surface area contributed by atoms with E-state index in [1.807, 2.05) is 18.4 Å². The normalized spacial score (nSPS) is 21.5. The van der Waals surface area contributed by atoms with Crippen LogP contribution in [-0.4, -0.2) is 51.2 Å². The van der Waals surface area contributed by atoms with Crippen molar-refractivity contribution >= 4 is 34.8 Å². The molecule has 158 valence electrons. The Morgan fingerprint density at radius 1 is 1.38 bits per heavy atom. The van der Waals surface area contributed by atoms with Gasteiger partial charge in [-0.1, -0.05) is 20.8 Å². The Morgan fingerprint density at radius 2 is 2.14 bits per heavy atom. The predicted molar refractivity (Wildman–Crippen MR) is 107 cm³/mol. The molecule has 3 rings (SSSR count).